The maximum atomic E-state index is 13.6. The highest BCUT2D eigenvalue weighted by Crippen LogP contribution is 2.32. The first kappa shape index (κ1) is 23.6. The molecule has 1 aliphatic heterocycles. The number of likely N-dealkylation sites (tertiary alicyclic amines) is 1. The molecule has 34 heavy (non-hydrogen) atoms. The van der Waals surface area contributed by atoms with Crippen molar-refractivity contribution in [2.24, 2.45) is 0 Å². The van der Waals surface area contributed by atoms with Crippen molar-refractivity contribution in [3.63, 3.8) is 0 Å². The number of alkyl halides is 3. The highest BCUT2D eigenvalue weighted by atomic mass is 19.4. The Labute approximate surface area is 193 Å². The summed E-state index contributed by atoms with van der Waals surface area (Å²) in [6.07, 6.45) is -0.180. The van der Waals surface area contributed by atoms with Crippen molar-refractivity contribution in [2.75, 3.05) is 20.1 Å². The zero-order valence-electron chi connectivity index (χ0n) is 18.8. The van der Waals surface area contributed by atoms with Crippen LogP contribution in [-0.4, -0.2) is 45.9 Å². The minimum absolute atomic E-state index is 0.0614. The van der Waals surface area contributed by atoms with E-state index >= 15 is 0 Å². The molecule has 1 amide bonds. The predicted octanol–water partition coefficient (Wildman–Crippen LogP) is 3.55. The number of nitrogens with zero attached hydrogens (tertiary/aromatic N) is 3. The third-order valence-electron chi connectivity index (χ3n) is 5.80. The first-order valence-electron chi connectivity index (χ1n) is 10.9. The van der Waals surface area contributed by atoms with Crippen molar-refractivity contribution in [2.45, 2.75) is 32.5 Å². The predicted molar refractivity (Wildman–Crippen MR) is 122 cm³/mol. The second kappa shape index (κ2) is 9.38. The normalized spacial score (nSPS) is 15.9. The molecule has 4 heterocycles. The lowest BCUT2D eigenvalue weighted by Crippen LogP contribution is -2.22. The molecule has 0 bridgehead atoms. The van der Waals surface area contributed by atoms with E-state index in [1.165, 1.54) is 25.3 Å². The number of amides is 1. The van der Waals surface area contributed by atoms with Crippen LogP contribution in [0, 0.1) is 0 Å². The Hall–Kier alpha value is -3.53. The number of hydrogen-bond acceptors (Lipinski definition) is 5. The van der Waals surface area contributed by atoms with Gasteiger partial charge in [-0.25, -0.2) is 4.98 Å². The van der Waals surface area contributed by atoms with Crippen LogP contribution >= 0.6 is 0 Å². The summed E-state index contributed by atoms with van der Waals surface area (Å²) >= 11 is 0. The Morgan fingerprint density at radius 2 is 2.09 bits per heavy atom. The standard InChI is InChI=1S/C24H24F3N5O2/c1-3-16-10-19-20(31-22(16)33)9-15(11-29-19)13-32-7-6-14(12-32)8-17-4-5-18(23(34)28-2)30-21(17)24(25,26)27/h4-5,8-11H,3,6-7,12-13H2,1-2H3,(H,28,34)(H,31,33)/b14-8-. The van der Waals surface area contributed by atoms with Gasteiger partial charge in [0, 0.05) is 44.0 Å². The highest BCUT2D eigenvalue weighted by Gasteiger charge is 2.36. The fourth-order valence-electron chi connectivity index (χ4n) is 4.06. The zero-order valence-corrected chi connectivity index (χ0v) is 18.8. The Kier molecular flexibility index (Phi) is 6.52. The molecule has 0 radical (unpaired) electrons. The van der Waals surface area contributed by atoms with Gasteiger partial charge in [0.2, 0.25) is 0 Å². The minimum atomic E-state index is -4.68. The van der Waals surface area contributed by atoms with Gasteiger partial charge in [0.1, 0.15) is 5.69 Å². The van der Waals surface area contributed by atoms with E-state index in [2.05, 4.69) is 25.2 Å². The molecule has 3 aromatic rings. The first-order chi connectivity index (χ1) is 16.2. The minimum Gasteiger partial charge on any atom is -0.354 e. The Balaban J connectivity index is 1.53. The van der Waals surface area contributed by atoms with E-state index in [0.29, 0.717) is 43.6 Å². The van der Waals surface area contributed by atoms with Crippen molar-refractivity contribution in [1.29, 1.82) is 0 Å². The molecular weight excluding hydrogens is 447 g/mol. The number of fused-ring (bicyclic) bond motifs is 1. The van der Waals surface area contributed by atoms with Crippen LogP contribution in [0.4, 0.5) is 13.2 Å². The van der Waals surface area contributed by atoms with Crippen molar-refractivity contribution in [3.05, 3.63) is 74.5 Å². The Morgan fingerprint density at radius 1 is 1.29 bits per heavy atom. The Bertz CT molecular complexity index is 1330. The number of hydrogen-bond donors (Lipinski definition) is 2. The molecule has 0 aromatic carbocycles. The average molecular weight is 471 g/mol. The SMILES string of the molecule is CCc1cc2ncc(CN3CC/C(=C/c4ccc(C(=O)NC)nc4C(F)(F)F)C3)cc2[nH]c1=O. The topological polar surface area (TPSA) is 91.0 Å². The van der Waals surface area contributed by atoms with Gasteiger partial charge in [-0.3, -0.25) is 19.5 Å². The van der Waals surface area contributed by atoms with Gasteiger partial charge in [0.05, 0.1) is 11.0 Å². The van der Waals surface area contributed by atoms with Crippen LogP contribution in [0.2, 0.25) is 0 Å². The molecule has 0 spiro atoms. The number of aryl methyl sites for hydroxylation is 1. The van der Waals surface area contributed by atoms with Crippen molar-refractivity contribution < 1.29 is 18.0 Å². The Morgan fingerprint density at radius 3 is 2.79 bits per heavy atom. The van der Waals surface area contributed by atoms with Gasteiger partial charge < -0.3 is 10.3 Å². The van der Waals surface area contributed by atoms with Gasteiger partial charge >= 0.3 is 6.18 Å². The molecule has 3 aromatic heterocycles. The van der Waals surface area contributed by atoms with E-state index in [-0.39, 0.29) is 16.8 Å². The molecule has 7 nitrogen and oxygen atoms in total. The fraction of sp³-hybridized carbons (Fsp3) is 0.333. The largest absolute Gasteiger partial charge is 0.433 e. The second-order valence-electron chi connectivity index (χ2n) is 8.23. The summed E-state index contributed by atoms with van der Waals surface area (Å²) in [6.45, 7) is 3.64. The monoisotopic (exact) mass is 471 g/mol. The maximum Gasteiger partial charge on any atom is 0.433 e. The number of aromatic amines is 1. The van der Waals surface area contributed by atoms with E-state index in [9.17, 15) is 22.8 Å². The van der Waals surface area contributed by atoms with Crippen LogP contribution in [0.1, 0.15) is 46.2 Å². The molecule has 1 fully saturated rings. The zero-order chi connectivity index (χ0) is 24.5. The molecule has 1 saturated heterocycles. The molecular formula is C24H24F3N5O2. The maximum absolute atomic E-state index is 13.6. The summed E-state index contributed by atoms with van der Waals surface area (Å²) in [5.74, 6) is -0.673. The molecule has 2 N–H and O–H groups in total. The van der Waals surface area contributed by atoms with Crippen LogP contribution in [0.5, 0.6) is 0 Å². The number of halogens is 3. The van der Waals surface area contributed by atoms with Crippen LogP contribution in [-0.2, 0) is 19.1 Å². The van der Waals surface area contributed by atoms with Crippen molar-refractivity contribution in [1.82, 2.24) is 25.2 Å². The summed E-state index contributed by atoms with van der Waals surface area (Å²) in [4.78, 5) is 36.8. The van der Waals surface area contributed by atoms with Gasteiger partial charge in [0.15, 0.2) is 5.69 Å². The quantitative estimate of drug-likeness (QED) is 0.594. The molecule has 0 unspecified atom stereocenters. The van der Waals surface area contributed by atoms with Crippen molar-refractivity contribution >= 4 is 23.0 Å². The lowest BCUT2D eigenvalue weighted by Gasteiger charge is -2.15. The molecule has 0 aliphatic carbocycles. The van der Waals surface area contributed by atoms with Gasteiger partial charge in [-0.1, -0.05) is 24.6 Å². The number of carbonyl (C=O) groups excluding carboxylic acids is 1. The number of H-pyrrole nitrogens is 1. The molecule has 1 aliphatic rings. The number of carbonyl (C=O) groups is 1. The van der Waals surface area contributed by atoms with Gasteiger partial charge in [-0.05, 0) is 36.6 Å². The van der Waals surface area contributed by atoms with Crippen molar-refractivity contribution in [3.8, 4) is 0 Å². The van der Waals surface area contributed by atoms with E-state index in [4.69, 9.17) is 0 Å². The van der Waals surface area contributed by atoms with Gasteiger partial charge in [-0.15, -0.1) is 0 Å². The summed E-state index contributed by atoms with van der Waals surface area (Å²) in [5.41, 5.74) is 2.26. The lowest BCUT2D eigenvalue weighted by atomic mass is 10.1. The van der Waals surface area contributed by atoms with E-state index in [0.717, 1.165) is 16.7 Å². The molecule has 10 heteroatoms. The number of pyridine rings is 3. The summed E-state index contributed by atoms with van der Waals surface area (Å²) in [7, 11) is 1.34. The number of nitrogens with one attached hydrogen (secondary N) is 2. The smallest absolute Gasteiger partial charge is 0.354 e. The fourth-order valence-corrected chi connectivity index (χ4v) is 4.06. The van der Waals surface area contributed by atoms with Gasteiger partial charge in [0.25, 0.3) is 11.5 Å². The second-order valence-corrected chi connectivity index (χ2v) is 8.23. The van der Waals surface area contributed by atoms with Crippen LogP contribution in [0.15, 0.2) is 40.8 Å². The number of rotatable bonds is 5. The summed E-state index contributed by atoms with van der Waals surface area (Å²) in [6, 6.07) is 6.24. The van der Waals surface area contributed by atoms with E-state index < -0.39 is 17.8 Å². The van der Waals surface area contributed by atoms with Crippen LogP contribution in [0.25, 0.3) is 17.1 Å². The van der Waals surface area contributed by atoms with E-state index in [1.807, 2.05) is 13.0 Å². The third kappa shape index (κ3) is 5.01. The van der Waals surface area contributed by atoms with Gasteiger partial charge in [-0.2, -0.15) is 13.2 Å². The highest BCUT2D eigenvalue weighted by molar-refractivity contribution is 5.92. The summed E-state index contributed by atoms with van der Waals surface area (Å²) in [5, 5.41) is 2.29. The first-order valence-corrected chi connectivity index (χ1v) is 10.9. The van der Waals surface area contributed by atoms with Crippen LogP contribution < -0.4 is 10.9 Å². The molecule has 4 rings (SSSR count). The van der Waals surface area contributed by atoms with Crippen LogP contribution in [0.3, 0.4) is 0 Å². The third-order valence-corrected chi connectivity index (χ3v) is 5.80. The number of aromatic nitrogens is 3. The molecule has 0 atom stereocenters. The summed E-state index contributed by atoms with van der Waals surface area (Å²) < 4.78 is 40.7. The average Bonchev–Trinajstić information content (AvgIpc) is 3.24. The molecule has 178 valence electrons. The molecule has 0 saturated carbocycles. The lowest BCUT2D eigenvalue weighted by molar-refractivity contribution is -0.141. The van der Waals surface area contributed by atoms with E-state index in [1.54, 1.807) is 12.3 Å².